The van der Waals surface area contributed by atoms with Crippen molar-refractivity contribution < 1.29 is 22.7 Å². The fraction of sp³-hybridized carbons (Fsp3) is 0.462. The van der Waals surface area contributed by atoms with Crippen LogP contribution in [0.15, 0.2) is 23.1 Å². The van der Waals surface area contributed by atoms with Crippen LogP contribution in [0, 0.1) is 5.92 Å². The van der Waals surface area contributed by atoms with Crippen LogP contribution in [0.2, 0.25) is 0 Å². The summed E-state index contributed by atoms with van der Waals surface area (Å²) in [5.41, 5.74) is 2.17. The van der Waals surface area contributed by atoms with Gasteiger partial charge in [-0.3, -0.25) is 10.2 Å². The monoisotopic (exact) mass is 316 g/mol. The third kappa shape index (κ3) is 4.91. The van der Waals surface area contributed by atoms with Gasteiger partial charge in [0.1, 0.15) is 0 Å². The summed E-state index contributed by atoms with van der Waals surface area (Å²) in [6, 6.07) is 4.15. The lowest BCUT2D eigenvalue weighted by Crippen LogP contribution is -2.41. The maximum Gasteiger partial charge on any atom is 0.257 e. The van der Waals surface area contributed by atoms with Gasteiger partial charge in [-0.05, 0) is 18.1 Å². The molecule has 0 radical (unpaired) electrons. The predicted octanol–water partition coefficient (Wildman–Crippen LogP) is 1.06. The molecule has 0 bridgehead atoms. The van der Waals surface area contributed by atoms with Crippen LogP contribution in [0.5, 0.6) is 11.5 Å². The minimum absolute atomic E-state index is 0.0370. The molecule has 0 spiro atoms. The number of amides is 1. The first-order chi connectivity index (χ1) is 9.80. The quantitative estimate of drug-likeness (QED) is 0.734. The molecule has 0 fully saturated rings. The van der Waals surface area contributed by atoms with E-state index in [2.05, 4.69) is 5.43 Å². The van der Waals surface area contributed by atoms with Gasteiger partial charge in [0.25, 0.3) is 10.0 Å². The summed E-state index contributed by atoms with van der Waals surface area (Å²) in [5.74, 6) is 0.443. The molecule has 0 atom stereocenters. The van der Waals surface area contributed by atoms with E-state index in [-0.39, 0.29) is 23.0 Å². The number of nitrogens with one attached hydrogen (secondary N) is 2. The second kappa shape index (κ2) is 7.28. The van der Waals surface area contributed by atoms with Gasteiger partial charge in [0.15, 0.2) is 11.5 Å². The van der Waals surface area contributed by atoms with E-state index >= 15 is 0 Å². The van der Waals surface area contributed by atoms with Gasteiger partial charge in [-0.25, -0.2) is 8.42 Å². The first kappa shape index (κ1) is 17.3. The Bertz CT molecular complexity index is 599. The maximum atomic E-state index is 12.1. The van der Waals surface area contributed by atoms with Gasteiger partial charge in [-0.15, -0.1) is 4.83 Å². The molecule has 118 valence electrons. The predicted molar refractivity (Wildman–Crippen MR) is 77.5 cm³/mol. The molecule has 0 heterocycles. The van der Waals surface area contributed by atoms with Crippen LogP contribution >= 0.6 is 0 Å². The molecule has 1 amide bonds. The Morgan fingerprint density at radius 1 is 1.19 bits per heavy atom. The summed E-state index contributed by atoms with van der Waals surface area (Å²) in [5, 5.41) is 0. The molecule has 21 heavy (non-hydrogen) atoms. The smallest absolute Gasteiger partial charge is 0.257 e. The topological polar surface area (TPSA) is 93.7 Å². The van der Waals surface area contributed by atoms with Crippen molar-refractivity contribution in [2.45, 2.75) is 25.2 Å². The van der Waals surface area contributed by atoms with E-state index in [1.54, 1.807) is 0 Å². The van der Waals surface area contributed by atoms with E-state index in [9.17, 15) is 13.2 Å². The van der Waals surface area contributed by atoms with Crippen LogP contribution in [0.25, 0.3) is 0 Å². The summed E-state index contributed by atoms with van der Waals surface area (Å²) in [7, 11) is -1.00. The Morgan fingerprint density at radius 3 is 2.33 bits per heavy atom. The van der Waals surface area contributed by atoms with Crippen LogP contribution in [0.3, 0.4) is 0 Å². The largest absolute Gasteiger partial charge is 0.493 e. The van der Waals surface area contributed by atoms with E-state index in [4.69, 9.17) is 9.47 Å². The van der Waals surface area contributed by atoms with Crippen molar-refractivity contribution in [2.24, 2.45) is 5.92 Å². The summed E-state index contributed by atoms with van der Waals surface area (Å²) in [6.07, 6.45) is 0.231. The molecule has 0 aromatic heterocycles. The lowest BCUT2D eigenvalue weighted by molar-refractivity contribution is -0.122. The minimum atomic E-state index is -3.87. The highest BCUT2D eigenvalue weighted by Crippen LogP contribution is 2.29. The number of benzene rings is 1. The summed E-state index contributed by atoms with van der Waals surface area (Å²) in [4.78, 5) is 13.5. The van der Waals surface area contributed by atoms with Gasteiger partial charge >= 0.3 is 0 Å². The molecule has 0 saturated carbocycles. The van der Waals surface area contributed by atoms with Crippen molar-refractivity contribution in [2.75, 3.05) is 14.2 Å². The number of hydrazine groups is 1. The van der Waals surface area contributed by atoms with Crippen molar-refractivity contribution in [3.63, 3.8) is 0 Å². The molecule has 1 aromatic carbocycles. The molecule has 1 rings (SSSR count). The van der Waals surface area contributed by atoms with Gasteiger partial charge in [-0.1, -0.05) is 13.8 Å². The number of ether oxygens (including phenoxy) is 2. The van der Waals surface area contributed by atoms with E-state index in [0.717, 1.165) is 0 Å². The second-order valence-corrected chi connectivity index (χ2v) is 6.45. The lowest BCUT2D eigenvalue weighted by Gasteiger charge is -2.12. The molecular formula is C13H20N2O5S. The second-order valence-electron chi connectivity index (χ2n) is 4.77. The van der Waals surface area contributed by atoms with Crippen molar-refractivity contribution in [1.29, 1.82) is 0 Å². The average Bonchev–Trinajstić information content (AvgIpc) is 2.43. The van der Waals surface area contributed by atoms with E-state index in [1.807, 2.05) is 18.7 Å². The molecule has 0 unspecified atom stereocenters. The number of sulfonamides is 1. The molecule has 0 aliphatic rings. The number of methoxy groups -OCH3 is 2. The van der Waals surface area contributed by atoms with Gasteiger partial charge in [0.05, 0.1) is 19.1 Å². The number of carbonyl (C=O) groups is 1. The molecule has 2 N–H and O–H groups in total. The Hall–Kier alpha value is -1.80. The van der Waals surface area contributed by atoms with Gasteiger partial charge in [0, 0.05) is 12.5 Å². The zero-order valence-corrected chi connectivity index (χ0v) is 13.3. The third-order valence-electron chi connectivity index (χ3n) is 2.58. The molecule has 0 saturated heterocycles. The van der Waals surface area contributed by atoms with Crippen LogP contribution in [0.1, 0.15) is 20.3 Å². The van der Waals surface area contributed by atoms with Gasteiger partial charge < -0.3 is 9.47 Å². The van der Waals surface area contributed by atoms with Gasteiger partial charge in [0.2, 0.25) is 5.91 Å². The number of carbonyl (C=O) groups excluding carboxylic acids is 1. The zero-order chi connectivity index (χ0) is 16.0. The molecule has 0 aliphatic carbocycles. The van der Waals surface area contributed by atoms with E-state index < -0.39 is 15.9 Å². The highest BCUT2D eigenvalue weighted by Gasteiger charge is 2.18. The van der Waals surface area contributed by atoms with Crippen LogP contribution in [-0.2, 0) is 14.8 Å². The number of hydrogen-bond donors (Lipinski definition) is 2. The van der Waals surface area contributed by atoms with Crippen LogP contribution in [0.4, 0.5) is 0 Å². The van der Waals surface area contributed by atoms with Crippen molar-refractivity contribution in [1.82, 2.24) is 10.3 Å². The lowest BCUT2D eigenvalue weighted by atomic mass is 10.1. The summed E-state index contributed by atoms with van der Waals surface area (Å²) >= 11 is 0. The van der Waals surface area contributed by atoms with Crippen molar-refractivity contribution >= 4 is 15.9 Å². The first-order valence-corrected chi connectivity index (χ1v) is 7.81. The van der Waals surface area contributed by atoms with Gasteiger partial charge in [-0.2, -0.15) is 0 Å². The molecule has 7 nitrogen and oxygen atoms in total. The Labute approximate surface area is 124 Å². The molecule has 1 aromatic rings. The minimum Gasteiger partial charge on any atom is -0.493 e. The Balaban J connectivity index is 2.86. The maximum absolute atomic E-state index is 12.1. The van der Waals surface area contributed by atoms with Crippen molar-refractivity contribution in [3.8, 4) is 11.5 Å². The zero-order valence-electron chi connectivity index (χ0n) is 12.5. The van der Waals surface area contributed by atoms with Crippen molar-refractivity contribution in [3.05, 3.63) is 18.2 Å². The van der Waals surface area contributed by atoms with Crippen LogP contribution in [-0.4, -0.2) is 28.5 Å². The average molecular weight is 316 g/mol. The van der Waals surface area contributed by atoms with Crippen LogP contribution < -0.4 is 19.7 Å². The standard InChI is InChI=1S/C13H20N2O5S/c1-9(2)7-13(16)14-15-21(17,18)10-5-6-11(19-3)12(8-10)20-4/h5-6,8-9,15H,7H2,1-4H3,(H,14,16). The summed E-state index contributed by atoms with van der Waals surface area (Å²) < 4.78 is 34.2. The fourth-order valence-electron chi connectivity index (χ4n) is 1.59. The summed E-state index contributed by atoms with van der Waals surface area (Å²) in [6.45, 7) is 3.73. The fourth-order valence-corrected chi connectivity index (χ4v) is 2.46. The Kier molecular flexibility index (Phi) is 5.98. The van der Waals surface area contributed by atoms with E-state index in [1.165, 1.54) is 32.4 Å². The molecule has 8 heteroatoms. The SMILES string of the molecule is COc1ccc(S(=O)(=O)NNC(=O)CC(C)C)cc1OC. The molecule has 0 aliphatic heterocycles. The molecular weight excluding hydrogens is 296 g/mol. The number of hydrogen-bond acceptors (Lipinski definition) is 5. The highest BCUT2D eigenvalue weighted by atomic mass is 32.2. The normalized spacial score (nSPS) is 11.3. The Morgan fingerprint density at radius 2 is 1.81 bits per heavy atom. The van der Waals surface area contributed by atoms with E-state index in [0.29, 0.717) is 5.75 Å². The number of rotatable bonds is 7. The highest BCUT2D eigenvalue weighted by molar-refractivity contribution is 7.89. The first-order valence-electron chi connectivity index (χ1n) is 6.32. The third-order valence-corrected chi connectivity index (χ3v) is 3.83.